The van der Waals surface area contributed by atoms with Crippen molar-refractivity contribution in [2.24, 2.45) is 0 Å². The van der Waals surface area contributed by atoms with Crippen LogP contribution in [-0.2, 0) is 16.2 Å². The van der Waals surface area contributed by atoms with Gasteiger partial charge in [0.1, 0.15) is 13.2 Å². The maximum atomic E-state index is 6.39. The lowest BCUT2D eigenvalue weighted by Crippen LogP contribution is -2.61. The van der Waals surface area contributed by atoms with E-state index in [4.69, 9.17) is 9.47 Å². The number of benzene rings is 5. The minimum atomic E-state index is -0.0858. The summed E-state index contributed by atoms with van der Waals surface area (Å²) in [6, 6.07) is 36.5. The van der Waals surface area contributed by atoms with Crippen molar-refractivity contribution < 1.29 is 9.47 Å². The summed E-state index contributed by atoms with van der Waals surface area (Å²) in [5.41, 5.74) is 14.9. The average molecular weight is 647 g/mol. The van der Waals surface area contributed by atoms with Gasteiger partial charge in [0.15, 0.2) is 11.5 Å². The second-order valence-electron chi connectivity index (χ2n) is 17.0. The number of nitrogens with zero attached hydrogens (tertiary/aromatic N) is 2. The fourth-order valence-electron chi connectivity index (χ4n) is 7.73. The first-order chi connectivity index (χ1) is 23.2. The smallest absolute Gasteiger partial charge is 0.252 e. The number of fused-ring (bicyclic) bond motifs is 5. The summed E-state index contributed by atoms with van der Waals surface area (Å²) in [4.78, 5) is 4.96. The Kier molecular flexibility index (Phi) is 7.06. The van der Waals surface area contributed by atoms with Gasteiger partial charge >= 0.3 is 0 Å². The Morgan fingerprint density at radius 1 is 0.490 bits per heavy atom. The molecule has 248 valence electrons. The lowest BCUT2D eigenvalue weighted by Gasteiger charge is -2.45. The molecule has 8 rings (SSSR count). The van der Waals surface area contributed by atoms with Crippen LogP contribution in [0.1, 0.15) is 79.0 Å². The summed E-state index contributed by atoms with van der Waals surface area (Å²) >= 11 is 0. The Balaban J connectivity index is 1.48. The number of rotatable bonds is 2. The molecule has 0 atom stereocenters. The quantitative estimate of drug-likeness (QED) is 0.175. The molecule has 0 unspecified atom stereocenters. The van der Waals surface area contributed by atoms with Crippen LogP contribution in [0.2, 0.25) is 0 Å². The van der Waals surface area contributed by atoms with Gasteiger partial charge in [-0.2, -0.15) is 0 Å². The molecule has 0 aliphatic carbocycles. The monoisotopic (exact) mass is 646 g/mol. The van der Waals surface area contributed by atoms with E-state index < -0.39 is 0 Å². The van der Waals surface area contributed by atoms with E-state index in [-0.39, 0.29) is 23.0 Å². The zero-order valence-electron chi connectivity index (χ0n) is 30.4. The van der Waals surface area contributed by atoms with Gasteiger partial charge in [-0.3, -0.25) is 0 Å². The van der Waals surface area contributed by atoms with Gasteiger partial charge in [0.2, 0.25) is 0 Å². The molecule has 0 bridgehead atoms. The number of para-hydroxylation sites is 2. The molecule has 3 aliphatic rings. The molecule has 0 radical (unpaired) electrons. The molecular weight excluding hydrogens is 599 g/mol. The standard InChI is InChI=1S/C44H47BN2O2/c1-42(2,3)28-17-20-31(21-18-28)46-35-22-19-29(43(4,5)6)25-33(35)45-32-13-10-11-14-34(32)47(36-15-12-16-39-41(36)49-24-23-48-39)38-27-30(44(7,8)9)26-37(46)40(38)45/h10-22,25-27H,23-24H2,1-9H3. The fourth-order valence-corrected chi connectivity index (χ4v) is 7.73. The van der Waals surface area contributed by atoms with Gasteiger partial charge < -0.3 is 19.3 Å². The molecule has 3 aliphatic heterocycles. The van der Waals surface area contributed by atoms with Crippen molar-refractivity contribution in [3.8, 4) is 11.5 Å². The minimum Gasteiger partial charge on any atom is -0.486 e. The number of hydrogen-bond donors (Lipinski definition) is 0. The zero-order valence-corrected chi connectivity index (χ0v) is 30.4. The molecule has 5 aromatic carbocycles. The largest absolute Gasteiger partial charge is 0.486 e. The predicted octanol–water partition coefficient (Wildman–Crippen LogP) is 9.43. The van der Waals surface area contributed by atoms with Crippen molar-refractivity contribution in [1.29, 1.82) is 0 Å². The Morgan fingerprint density at radius 2 is 1.08 bits per heavy atom. The lowest BCUT2D eigenvalue weighted by atomic mass is 9.33. The van der Waals surface area contributed by atoms with Crippen LogP contribution in [0.25, 0.3) is 0 Å². The predicted molar refractivity (Wildman–Crippen MR) is 208 cm³/mol. The van der Waals surface area contributed by atoms with Crippen molar-refractivity contribution in [1.82, 2.24) is 0 Å². The fraction of sp³-hybridized carbons (Fsp3) is 0.318. The van der Waals surface area contributed by atoms with Crippen LogP contribution >= 0.6 is 0 Å². The third kappa shape index (κ3) is 5.12. The second kappa shape index (κ2) is 10.9. The lowest BCUT2D eigenvalue weighted by molar-refractivity contribution is 0.172. The van der Waals surface area contributed by atoms with Gasteiger partial charge in [-0.25, -0.2) is 0 Å². The number of ether oxygens (including phenoxy) is 2. The molecule has 4 nitrogen and oxygen atoms in total. The summed E-state index contributed by atoms with van der Waals surface area (Å²) in [5.74, 6) is 1.60. The van der Waals surface area contributed by atoms with Crippen LogP contribution in [0.5, 0.6) is 11.5 Å². The molecule has 0 aromatic heterocycles. The molecule has 0 N–H and O–H groups in total. The molecule has 5 heteroatoms. The van der Waals surface area contributed by atoms with E-state index in [0.29, 0.717) is 13.2 Å². The molecule has 49 heavy (non-hydrogen) atoms. The molecule has 0 saturated heterocycles. The van der Waals surface area contributed by atoms with E-state index in [0.717, 1.165) is 17.2 Å². The molecule has 0 spiro atoms. The van der Waals surface area contributed by atoms with Crippen LogP contribution in [-0.4, -0.2) is 19.9 Å². The van der Waals surface area contributed by atoms with E-state index in [2.05, 4.69) is 163 Å². The minimum absolute atomic E-state index is 0.00801. The van der Waals surface area contributed by atoms with Crippen LogP contribution in [0.3, 0.4) is 0 Å². The number of hydrogen-bond acceptors (Lipinski definition) is 4. The van der Waals surface area contributed by atoms with Gasteiger partial charge in [-0.15, -0.1) is 0 Å². The van der Waals surface area contributed by atoms with Gasteiger partial charge in [-0.1, -0.05) is 111 Å². The summed E-state index contributed by atoms with van der Waals surface area (Å²) in [6.45, 7) is 21.9. The van der Waals surface area contributed by atoms with Gasteiger partial charge in [0, 0.05) is 28.4 Å². The first-order valence-electron chi connectivity index (χ1n) is 17.7. The molecule has 0 fully saturated rings. The van der Waals surface area contributed by atoms with Crippen molar-refractivity contribution in [3.63, 3.8) is 0 Å². The molecule has 0 amide bonds. The van der Waals surface area contributed by atoms with Gasteiger partial charge in [0.05, 0.1) is 5.69 Å². The summed E-state index contributed by atoms with van der Waals surface area (Å²) in [5, 5.41) is 0. The second-order valence-corrected chi connectivity index (χ2v) is 17.0. The van der Waals surface area contributed by atoms with Crippen molar-refractivity contribution in [2.75, 3.05) is 23.0 Å². The van der Waals surface area contributed by atoms with Gasteiger partial charge in [-0.05, 0) is 97.9 Å². The van der Waals surface area contributed by atoms with Crippen LogP contribution < -0.4 is 35.7 Å². The highest BCUT2D eigenvalue weighted by Gasteiger charge is 2.45. The molecule has 5 aromatic rings. The van der Waals surface area contributed by atoms with E-state index in [1.807, 2.05) is 6.07 Å². The highest BCUT2D eigenvalue weighted by molar-refractivity contribution is 7.00. The highest BCUT2D eigenvalue weighted by Crippen LogP contribution is 2.50. The SMILES string of the molecule is CC(C)(C)c1ccc(N2c3ccc(C(C)(C)C)cc3B3c4ccccc4N(c4cccc5c4OCCO5)c4cc(C(C)(C)C)cc2c43)cc1. The molecule has 3 heterocycles. The van der Waals surface area contributed by atoms with Crippen molar-refractivity contribution >= 4 is 57.2 Å². The van der Waals surface area contributed by atoms with Crippen LogP contribution in [0.4, 0.5) is 34.1 Å². The topological polar surface area (TPSA) is 24.9 Å². The summed E-state index contributed by atoms with van der Waals surface area (Å²) < 4.78 is 12.5. The van der Waals surface area contributed by atoms with Crippen LogP contribution in [0, 0.1) is 0 Å². The van der Waals surface area contributed by atoms with E-state index >= 15 is 0 Å². The Hall–Kier alpha value is -4.64. The van der Waals surface area contributed by atoms with Gasteiger partial charge in [0.25, 0.3) is 6.71 Å². The van der Waals surface area contributed by atoms with E-state index in [1.165, 1.54) is 61.5 Å². The van der Waals surface area contributed by atoms with E-state index in [9.17, 15) is 0 Å². The maximum absolute atomic E-state index is 6.39. The average Bonchev–Trinajstić information content (AvgIpc) is 3.06. The Bertz CT molecular complexity index is 2100. The van der Waals surface area contributed by atoms with Crippen LogP contribution in [0.15, 0.2) is 97.1 Å². The summed E-state index contributed by atoms with van der Waals surface area (Å²) in [6.07, 6.45) is 0. The third-order valence-electron chi connectivity index (χ3n) is 10.5. The van der Waals surface area contributed by atoms with Crippen molar-refractivity contribution in [2.45, 2.75) is 78.6 Å². The highest BCUT2D eigenvalue weighted by atomic mass is 16.6. The first-order valence-corrected chi connectivity index (χ1v) is 17.7. The zero-order chi connectivity index (χ0) is 34.5. The molecule has 0 saturated carbocycles. The molecular formula is C44H47BN2O2. The Morgan fingerprint density at radius 3 is 1.78 bits per heavy atom. The first kappa shape index (κ1) is 31.6. The number of anilines is 6. The van der Waals surface area contributed by atoms with Crippen molar-refractivity contribution in [3.05, 3.63) is 114 Å². The summed E-state index contributed by atoms with van der Waals surface area (Å²) in [7, 11) is 0. The third-order valence-corrected chi connectivity index (χ3v) is 10.5. The normalized spacial score (nSPS) is 15.1. The Labute approximate surface area is 292 Å². The van der Waals surface area contributed by atoms with E-state index in [1.54, 1.807) is 0 Å². The maximum Gasteiger partial charge on any atom is 0.252 e.